The zero-order valence-electron chi connectivity index (χ0n) is 17.8. The maximum absolute atomic E-state index is 4.80. The zero-order chi connectivity index (χ0) is 21.5. The summed E-state index contributed by atoms with van der Waals surface area (Å²) in [5.41, 5.74) is 10.2. The van der Waals surface area contributed by atoms with Crippen LogP contribution in [0.3, 0.4) is 0 Å². The molecule has 0 aliphatic carbocycles. The Morgan fingerprint density at radius 3 is 1.97 bits per heavy atom. The highest BCUT2D eigenvalue weighted by molar-refractivity contribution is 5.89. The summed E-state index contributed by atoms with van der Waals surface area (Å²) in [6.07, 6.45) is 14.8. The third kappa shape index (κ3) is 3.58. The second-order valence-corrected chi connectivity index (χ2v) is 8.15. The average Bonchev–Trinajstić information content (AvgIpc) is 3.59. The minimum absolute atomic E-state index is 0.918. The van der Waals surface area contributed by atoms with Crippen molar-refractivity contribution in [3.8, 4) is 0 Å². The Hall–Kier alpha value is -4.12. The summed E-state index contributed by atoms with van der Waals surface area (Å²) in [4.78, 5) is 18.8. The van der Waals surface area contributed by atoms with Gasteiger partial charge < -0.3 is 14.9 Å². The predicted molar refractivity (Wildman–Crippen MR) is 133 cm³/mol. The van der Waals surface area contributed by atoms with E-state index in [4.69, 9.17) is 9.97 Å². The summed E-state index contributed by atoms with van der Waals surface area (Å²) in [6.45, 7) is 4.10. The minimum atomic E-state index is 0.918. The lowest BCUT2D eigenvalue weighted by atomic mass is 10.0. The fourth-order valence-electron chi connectivity index (χ4n) is 4.22. The number of rotatable bonds is 2. The van der Waals surface area contributed by atoms with Crippen LogP contribution in [-0.2, 0) is 0 Å². The van der Waals surface area contributed by atoms with Crippen LogP contribution in [0.2, 0.25) is 0 Å². The van der Waals surface area contributed by atoms with E-state index < -0.39 is 0 Å². The lowest BCUT2D eigenvalue weighted by Gasteiger charge is -2.20. The van der Waals surface area contributed by atoms with E-state index in [9.17, 15) is 0 Å². The Morgan fingerprint density at radius 2 is 1.38 bits per heavy atom. The molecule has 2 N–H and O–H groups in total. The number of nitrogens with one attached hydrogen (secondary N) is 2. The number of fused-ring (bicyclic) bond motifs is 8. The van der Waals surface area contributed by atoms with Crippen molar-refractivity contribution in [2.24, 2.45) is 0 Å². The number of hydrogen-bond acceptors (Lipinski definition) is 3. The van der Waals surface area contributed by atoms with Gasteiger partial charge in [-0.2, -0.15) is 0 Å². The van der Waals surface area contributed by atoms with Crippen molar-refractivity contribution in [2.75, 3.05) is 13.1 Å². The van der Waals surface area contributed by atoms with Crippen molar-refractivity contribution in [1.29, 1.82) is 0 Å². The first-order valence-corrected chi connectivity index (χ1v) is 10.9. The number of aromatic amines is 2. The highest BCUT2D eigenvalue weighted by atomic mass is 15.1. The molecule has 0 spiro atoms. The molecule has 0 atom stereocenters. The van der Waals surface area contributed by atoms with Crippen LogP contribution in [-0.4, -0.2) is 37.9 Å². The number of aromatic nitrogens is 4. The summed E-state index contributed by atoms with van der Waals surface area (Å²) in [6, 6.07) is 14.7. The first-order valence-electron chi connectivity index (χ1n) is 10.9. The van der Waals surface area contributed by atoms with Crippen molar-refractivity contribution >= 4 is 51.9 Å². The number of H-pyrrole nitrogens is 2. The molecule has 0 saturated heterocycles. The van der Waals surface area contributed by atoms with Gasteiger partial charge >= 0.3 is 0 Å². The molecule has 156 valence electrons. The summed E-state index contributed by atoms with van der Waals surface area (Å²) < 4.78 is 0. The van der Waals surface area contributed by atoms with E-state index in [2.05, 4.69) is 88.7 Å². The van der Waals surface area contributed by atoms with Crippen molar-refractivity contribution in [2.45, 2.75) is 6.92 Å². The molecule has 0 aromatic carbocycles. The molecular weight excluding hydrogens is 394 g/mol. The van der Waals surface area contributed by atoms with E-state index in [0.717, 1.165) is 57.9 Å². The molecule has 0 fully saturated rings. The fraction of sp³-hybridized carbons (Fsp3) is 0.111. The zero-order valence-corrected chi connectivity index (χ0v) is 17.8. The largest absolute Gasteiger partial charge is 0.374 e. The Bertz CT molecular complexity index is 1490. The van der Waals surface area contributed by atoms with Gasteiger partial charge in [0.2, 0.25) is 0 Å². The quantitative estimate of drug-likeness (QED) is 0.377. The molecule has 3 aromatic heterocycles. The number of likely N-dealkylation sites (N-methyl/N-ethyl adjacent to an activating group) is 1. The van der Waals surface area contributed by atoms with E-state index in [-0.39, 0.29) is 0 Å². The number of hydrogen-bond donors (Lipinski definition) is 2. The SMILES string of the molecule is CCN1C=CC(c2cc3cc4nc(cc5ccc(cc6nc(cc2[nH]3)C=C6)[nH]5)C=C4)=CC1. The molecule has 5 heteroatoms. The summed E-state index contributed by atoms with van der Waals surface area (Å²) in [5, 5.41) is 0. The predicted octanol–water partition coefficient (Wildman–Crippen LogP) is 5.89. The van der Waals surface area contributed by atoms with E-state index in [0.29, 0.717) is 0 Å². The maximum atomic E-state index is 4.80. The van der Waals surface area contributed by atoms with Crippen molar-refractivity contribution in [3.63, 3.8) is 0 Å². The van der Waals surface area contributed by atoms with Gasteiger partial charge in [0.25, 0.3) is 0 Å². The average molecular weight is 418 g/mol. The molecule has 6 rings (SSSR count). The first kappa shape index (κ1) is 18.6. The van der Waals surface area contributed by atoms with Gasteiger partial charge in [0.15, 0.2) is 0 Å². The molecule has 8 bridgehead atoms. The number of nitrogens with zero attached hydrogens (tertiary/aromatic N) is 3. The Labute approximate surface area is 186 Å². The lowest BCUT2D eigenvalue weighted by Crippen LogP contribution is -2.18. The van der Waals surface area contributed by atoms with E-state index in [1.807, 2.05) is 18.2 Å². The van der Waals surface area contributed by atoms with Gasteiger partial charge in [-0.1, -0.05) is 6.08 Å². The molecule has 5 nitrogen and oxygen atoms in total. The molecule has 0 unspecified atom stereocenters. The maximum Gasteiger partial charge on any atom is 0.0658 e. The summed E-state index contributed by atoms with van der Waals surface area (Å²) in [5.74, 6) is 0. The van der Waals surface area contributed by atoms with Gasteiger partial charge in [0.1, 0.15) is 0 Å². The molecule has 6 heterocycles. The van der Waals surface area contributed by atoms with Crippen LogP contribution in [0.5, 0.6) is 0 Å². The topological polar surface area (TPSA) is 60.6 Å². The Kier molecular flexibility index (Phi) is 4.39. The molecule has 32 heavy (non-hydrogen) atoms. The summed E-state index contributed by atoms with van der Waals surface area (Å²) >= 11 is 0. The lowest BCUT2D eigenvalue weighted by molar-refractivity contribution is 0.437. The van der Waals surface area contributed by atoms with Crippen LogP contribution in [0.25, 0.3) is 51.9 Å². The van der Waals surface area contributed by atoms with E-state index in [1.165, 1.54) is 11.1 Å². The standard InChI is InChI=1S/C27H23N5/c1-2-32-11-9-18(10-12-32)26-16-25-15-23-6-5-21(29-23)13-19-3-4-20(28-19)14-22-7-8-24(30-22)17-27(26)31-25/h3-11,13-17,28,31H,2,12H2,1H3. The van der Waals surface area contributed by atoms with Crippen molar-refractivity contribution in [1.82, 2.24) is 24.8 Å². The second kappa shape index (κ2) is 7.54. The Balaban J connectivity index is 1.60. The molecule has 0 radical (unpaired) electrons. The third-order valence-electron chi connectivity index (χ3n) is 5.90. The van der Waals surface area contributed by atoms with Gasteiger partial charge in [0.05, 0.1) is 22.8 Å². The fourth-order valence-corrected chi connectivity index (χ4v) is 4.22. The normalized spacial score (nSPS) is 14.8. The van der Waals surface area contributed by atoms with E-state index >= 15 is 0 Å². The van der Waals surface area contributed by atoms with Crippen LogP contribution in [0, 0.1) is 0 Å². The highest BCUT2D eigenvalue weighted by Gasteiger charge is 2.10. The molecule has 0 saturated carbocycles. The van der Waals surface area contributed by atoms with Gasteiger partial charge in [0, 0.05) is 40.7 Å². The minimum Gasteiger partial charge on any atom is -0.374 e. The highest BCUT2D eigenvalue weighted by Crippen LogP contribution is 2.27. The molecule has 3 aromatic rings. The second-order valence-electron chi connectivity index (χ2n) is 8.15. The molecule has 3 aliphatic heterocycles. The van der Waals surface area contributed by atoms with Crippen LogP contribution < -0.4 is 0 Å². The van der Waals surface area contributed by atoms with Gasteiger partial charge in [-0.3, -0.25) is 0 Å². The van der Waals surface area contributed by atoms with Gasteiger partial charge in [-0.15, -0.1) is 0 Å². The monoisotopic (exact) mass is 417 g/mol. The smallest absolute Gasteiger partial charge is 0.0658 e. The van der Waals surface area contributed by atoms with Gasteiger partial charge in [-0.05, 0) is 91.5 Å². The molecular formula is C27H23N5. The first-order chi connectivity index (χ1) is 15.7. The Morgan fingerprint density at radius 1 is 0.750 bits per heavy atom. The third-order valence-corrected chi connectivity index (χ3v) is 5.90. The van der Waals surface area contributed by atoms with Crippen molar-refractivity contribution < 1.29 is 0 Å². The van der Waals surface area contributed by atoms with Crippen LogP contribution in [0.4, 0.5) is 0 Å². The summed E-state index contributed by atoms with van der Waals surface area (Å²) in [7, 11) is 0. The van der Waals surface area contributed by atoms with E-state index in [1.54, 1.807) is 0 Å². The van der Waals surface area contributed by atoms with Gasteiger partial charge in [-0.25, -0.2) is 9.97 Å². The van der Waals surface area contributed by atoms with Crippen LogP contribution >= 0.6 is 0 Å². The van der Waals surface area contributed by atoms with Crippen LogP contribution in [0.1, 0.15) is 35.3 Å². The van der Waals surface area contributed by atoms with Crippen molar-refractivity contribution in [3.05, 3.63) is 89.2 Å². The molecule has 0 amide bonds. The molecule has 3 aliphatic rings. The number of allylic oxidation sites excluding steroid dienone is 2. The van der Waals surface area contributed by atoms with Crippen LogP contribution in [0.15, 0.2) is 60.8 Å².